The lowest BCUT2D eigenvalue weighted by Gasteiger charge is -2.35. The lowest BCUT2D eigenvalue weighted by atomic mass is 10.1. The van der Waals surface area contributed by atoms with Crippen molar-refractivity contribution in [3.8, 4) is 10.4 Å². The molecule has 0 saturated carbocycles. The van der Waals surface area contributed by atoms with E-state index in [-0.39, 0.29) is 0 Å². The number of nitrogens with zero attached hydrogens (tertiary/aromatic N) is 6. The molecule has 0 radical (unpaired) electrons. The van der Waals surface area contributed by atoms with Gasteiger partial charge in [0.05, 0.1) is 37.4 Å². The molecule has 0 spiro atoms. The smallest absolute Gasteiger partial charge is 0.150 e. The maximum Gasteiger partial charge on any atom is 0.150 e. The highest BCUT2D eigenvalue weighted by molar-refractivity contribution is 7.18. The molecule has 8 nitrogen and oxygen atoms in total. The summed E-state index contributed by atoms with van der Waals surface area (Å²) in [6, 6.07) is 6.33. The molecule has 6 heterocycles. The van der Waals surface area contributed by atoms with Gasteiger partial charge in [0.2, 0.25) is 0 Å². The van der Waals surface area contributed by atoms with Crippen LogP contribution in [0.5, 0.6) is 0 Å². The third kappa shape index (κ3) is 4.60. The number of piperazine rings is 1. The minimum Gasteiger partial charge on any atom is -0.379 e. The highest BCUT2D eigenvalue weighted by Crippen LogP contribution is 2.40. The van der Waals surface area contributed by atoms with Crippen molar-refractivity contribution in [2.24, 2.45) is 0 Å². The number of morpholine rings is 1. The van der Waals surface area contributed by atoms with E-state index in [0.717, 1.165) is 93.5 Å². The van der Waals surface area contributed by atoms with Gasteiger partial charge in [0.1, 0.15) is 16.5 Å². The van der Waals surface area contributed by atoms with Crippen molar-refractivity contribution in [2.75, 3.05) is 57.4 Å². The van der Waals surface area contributed by atoms with Gasteiger partial charge in [-0.1, -0.05) is 11.2 Å². The van der Waals surface area contributed by atoms with E-state index in [1.54, 1.807) is 22.7 Å². The van der Waals surface area contributed by atoms with Crippen LogP contribution in [-0.4, -0.2) is 77.4 Å². The van der Waals surface area contributed by atoms with Crippen molar-refractivity contribution >= 4 is 38.7 Å². The third-order valence-corrected chi connectivity index (χ3v) is 8.22. The summed E-state index contributed by atoms with van der Waals surface area (Å²) in [4.78, 5) is 19.8. The van der Waals surface area contributed by atoms with E-state index >= 15 is 0 Å². The fraction of sp³-hybridized carbons (Fsp3) is 0.458. The van der Waals surface area contributed by atoms with Crippen molar-refractivity contribution in [2.45, 2.75) is 20.0 Å². The summed E-state index contributed by atoms with van der Waals surface area (Å²) >= 11 is 3.50. The van der Waals surface area contributed by atoms with E-state index in [1.165, 1.54) is 15.8 Å². The minimum atomic E-state index is 0.767. The molecule has 0 bridgehead atoms. The van der Waals surface area contributed by atoms with E-state index in [9.17, 15) is 0 Å². The second-order valence-electron chi connectivity index (χ2n) is 8.86. The molecule has 178 valence electrons. The quantitative estimate of drug-likeness (QED) is 0.398. The zero-order valence-electron chi connectivity index (χ0n) is 19.3. The first-order valence-corrected chi connectivity index (χ1v) is 13.5. The van der Waals surface area contributed by atoms with Gasteiger partial charge in [0.15, 0.2) is 5.76 Å². The zero-order valence-corrected chi connectivity index (χ0v) is 20.9. The molecule has 34 heavy (non-hydrogen) atoms. The van der Waals surface area contributed by atoms with E-state index in [2.05, 4.69) is 42.7 Å². The minimum absolute atomic E-state index is 0.767. The third-order valence-electron chi connectivity index (χ3n) is 6.44. The molecule has 10 heteroatoms. The maximum atomic E-state index is 5.52. The van der Waals surface area contributed by atoms with Crippen LogP contribution in [0.4, 0.5) is 5.82 Å². The van der Waals surface area contributed by atoms with Gasteiger partial charge in [-0.3, -0.25) is 9.80 Å². The molecule has 0 aromatic carbocycles. The van der Waals surface area contributed by atoms with E-state index < -0.39 is 0 Å². The first-order valence-electron chi connectivity index (χ1n) is 11.7. The molecule has 0 N–H and O–H groups in total. The molecule has 4 aromatic heterocycles. The molecule has 2 aliphatic rings. The molecule has 4 aromatic rings. The number of anilines is 1. The van der Waals surface area contributed by atoms with Crippen LogP contribution >= 0.6 is 22.7 Å². The molecule has 0 aliphatic carbocycles. The molecular formula is C24H28N6O2S2. The van der Waals surface area contributed by atoms with Crippen LogP contribution in [0.15, 0.2) is 33.5 Å². The molecule has 0 atom stereocenters. The van der Waals surface area contributed by atoms with Gasteiger partial charge < -0.3 is 14.2 Å². The van der Waals surface area contributed by atoms with Crippen LogP contribution in [0, 0.1) is 6.92 Å². The standard InChI is InChI=1S/C24H28N6O2S2/c1-17-13-18(32-27-17)14-28-4-6-30(7-5-28)23-22-19(20-3-2-12-33-20)16-34-24(22)26-21(25-23)15-29-8-10-31-11-9-29/h2-3,12-13,16H,4-11,14-15H2,1H3. The molecule has 0 amide bonds. The Labute approximate surface area is 206 Å². The fourth-order valence-corrected chi connectivity index (χ4v) is 6.44. The van der Waals surface area contributed by atoms with Gasteiger partial charge in [0.25, 0.3) is 0 Å². The normalized spacial score (nSPS) is 18.2. The Bertz CT molecular complexity index is 1240. The maximum absolute atomic E-state index is 5.52. The average molecular weight is 497 g/mol. The number of fused-ring (bicyclic) bond motifs is 1. The molecule has 6 rings (SSSR count). The summed E-state index contributed by atoms with van der Waals surface area (Å²) in [6.45, 7) is 10.7. The highest BCUT2D eigenvalue weighted by atomic mass is 32.1. The van der Waals surface area contributed by atoms with Gasteiger partial charge in [-0.2, -0.15) is 0 Å². The fourth-order valence-electron chi connectivity index (χ4n) is 4.67. The van der Waals surface area contributed by atoms with Crippen molar-refractivity contribution in [1.29, 1.82) is 0 Å². The van der Waals surface area contributed by atoms with Crippen molar-refractivity contribution in [3.63, 3.8) is 0 Å². The second-order valence-corrected chi connectivity index (χ2v) is 10.7. The molecule has 2 saturated heterocycles. The Morgan fingerprint density at radius 2 is 1.79 bits per heavy atom. The van der Waals surface area contributed by atoms with Crippen LogP contribution in [0.2, 0.25) is 0 Å². The molecule has 2 fully saturated rings. The number of aryl methyl sites for hydroxylation is 1. The Kier molecular flexibility index (Phi) is 6.32. The van der Waals surface area contributed by atoms with Crippen LogP contribution in [0.1, 0.15) is 17.3 Å². The average Bonchev–Trinajstić information content (AvgIpc) is 3.61. The number of hydrogen-bond acceptors (Lipinski definition) is 10. The second kappa shape index (κ2) is 9.71. The lowest BCUT2D eigenvalue weighted by Crippen LogP contribution is -2.46. The number of thiophene rings is 2. The van der Waals surface area contributed by atoms with Crippen molar-refractivity contribution < 1.29 is 9.26 Å². The predicted octanol–water partition coefficient (Wildman–Crippen LogP) is 3.87. The van der Waals surface area contributed by atoms with Gasteiger partial charge in [-0.05, 0) is 18.4 Å². The summed E-state index contributed by atoms with van der Waals surface area (Å²) in [5.41, 5.74) is 2.19. The monoisotopic (exact) mass is 496 g/mol. The summed E-state index contributed by atoms with van der Waals surface area (Å²) in [6.07, 6.45) is 0. The van der Waals surface area contributed by atoms with Gasteiger partial charge in [-0.15, -0.1) is 22.7 Å². The Hall–Kier alpha value is -2.37. The van der Waals surface area contributed by atoms with Gasteiger partial charge in [-0.25, -0.2) is 9.97 Å². The first kappa shape index (κ1) is 22.1. The van der Waals surface area contributed by atoms with Crippen LogP contribution in [0.25, 0.3) is 20.7 Å². The first-order chi connectivity index (χ1) is 16.7. The number of hydrogen-bond donors (Lipinski definition) is 0. The Balaban J connectivity index is 1.28. The SMILES string of the molecule is Cc1cc(CN2CCN(c3nc(CN4CCOCC4)nc4scc(-c5cccs5)c34)CC2)on1. The highest BCUT2D eigenvalue weighted by Gasteiger charge is 2.25. The van der Waals surface area contributed by atoms with Gasteiger partial charge in [0, 0.05) is 61.2 Å². The van der Waals surface area contributed by atoms with Crippen LogP contribution in [-0.2, 0) is 17.8 Å². The topological polar surface area (TPSA) is 70.8 Å². The van der Waals surface area contributed by atoms with Gasteiger partial charge >= 0.3 is 0 Å². The predicted molar refractivity (Wildman–Crippen MR) is 136 cm³/mol. The molecular weight excluding hydrogens is 468 g/mol. The molecule has 2 aliphatic heterocycles. The van der Waals surface area contributed by atoms with E-state index in [1.807, 2.05) is 13.0 Å². The Morgan fingerprint density at radius 1 is 0.971 bits per heavy atom. The summed E-state index contributed by atoms with van der Waals surface area (Å²) in [5.74, 6) is 2.91. The summed E-state index contributed by atoms with van der Waals surface area (Å²) in [5, 5.41) is 9.60. The number of rotatable bonds is 6. The van der Waals surface area contributed by atoms with Crippen molar-refractivity contribution in [3.05, 3.63) is 46.2 Å². The summed E-state index contributed by atoms with van der Waals surface area (Å²) in [7, 11) is 0. The number of ether oxygens (including phenoxy) is 1. The largest absolute Gasteiger partial charge is 0.379 e. The number of aromatic nitrogens is 3. The lowest BCUT2D eigenvalue weighted by molar-refractivity contribution is 0.0331. The molecule has 0 unspecified atom stereocenters. The zero-order chi connectivity index (χ0) is 22.9. The van der Waals surface area contributed by atoms with Crippen LogP contribution < -0.4 is 4.90 Å². The van der Waals surface area contributed by atoms with Crippen molar-refractivity contribution in [1.82, 2.24) is 24.9 Å². The van der Waals surface area contributed by atoms with E-state index in [0.29, 0.717) is 0 Å². The Morgan fingerprint density at radius 3 is 2.53 bits per heavy atom. The van der Waals surface area contributed by atoms with E-state index in [4.69, 9.17) is 19.2 Å². The summed E-state index contributed by atoms with van der Waals surface area (Å²) < 4.78 is 11.0. The van der Waals surface area contributed by atoms with Crippen LogP contribution in [0.3, 0.4) is 0 Å².